The fourth-order valence-corrected chi connectivity index (χ4v) is 9.98. The molecule has 0 fully saturated rings. The van der Waals surface area contributed by atoms with Crippen LogP contribution in [0.4, 0.5) is 0 Å². The molecule has 0 unspecified atom stereocenters. The van der Waals surface area contributed by atoms with E-state index in [9.17, 15) is 0 Å². The first-order chi connectivity index (χ1) is 31.7. The molecule has 0 aliphatic carbocycles. The monoisotopic (exact) mass is 814 g/mol. The Morgan fingerprint density at radius 1 is 0.297 bits per heavy atom. The lowest BCUT2D eigenvalue weighted by molar-refractivity contribution is 1.18. The number of para-hydroxylation sites is 3. The molecule has 0 bridgehead atoms. The summed E-state index contributed by atoms with van der Waals surface area (Å²) in [6.07, 6.45) is 0. The molecule has 0 amide bonds. The number of aromatic nitrogens is 4. The molecule has 0 aliphatic rings. The molecule has 298 valence electrons. The maximum atomic E-state index is 5.32. The minimum absolute atomic E-state index is 0.858. The highest BCUT2D eigenvalue weighted by molar-refractivity contribution is 6.22. The summed E-state index contributed by atoms with van der Waals surface area (Å²) in [6.45, 7) is 0. The summed E-state index contributed by atoms with van der Waals surface area (Å²) in [5.41, 5.74) is 17.1. The van der Waals surface area contributed by atoms with Crippen molar-refractivity contribution in [2.24, 2.45) is 0 Å². The zero-order valence-electron chi connectivity index (χ0n) is 34.7. The average molecular weight is 815 g/mol. The highest BCUT2D eigenvalue weighted by atomic mass is 15.0. The van der Waals surface area contributed by atoms with Gasteiger partial charge in [-0.25, -0.2) is 9.97 Å². The number of benzene rings is 10. The Labute approximate surface area is 369 Å². The van der Waals surface area contributed by atoms with E-state index < -0.39 is 0 Å². The highest BCUT2D eigenvalue weighted by Gasteiger charge is 2.20. The predicted molar refractivity (Wildman–Crippen MR) is 267 cm³/mol. The van der Waals surface area contributed by atoms with Crippen LogP contribution in [0.5, 0.6) is 0 Å². The van der Waals surface area contributed by atoms with E-state index in [-0.39, 0.29) is 0 Å². The number of hydrogen-bond acceptors (Lipinski definition) is 2. The van der Waals surface area contributed by atoms with Crippen molar-refractivity contribution in [3.8, 4) is 56.1 Å². The van der Waals surface area contributed by atoms with Gasteiger partial charge in [0, 0.05) is 49.6 Å². The van der Waals surface area contributed by atoms with Crippen molar-refractivity contribution < 1.29 is 0 Å². The molecule has 4 heteroatoms. The van der Waals surface area contributed by atoms with E-state index in [0.29, 0.717) is 0 Å². The molecule has 0 saturated carbocycles. The van der Waals surface area contributed by atoms with Gasteiger partial charge in [0.05, 0.1) is 44.5 Å². The minimum atomic E-state index is 0.858. The van der Waals surface area contributed by atoms with Crippen LogP contribution in [-0.2, 0) is 0 Å². The van der Waals surface area contributed by atoms with Crippen LogP contribution in [0.3, 0.4) is 0 Å². The van der Waals surface area contributed by atoms with Crippen LogP contribution in [0.1, 0.15) is 0 Å². The standard InChI is InChI=1S/C60H38N4/c1-4-17-40(18-5-1)58-59(41-19-6-2-7-20-41)62-53-37-43(31-34-52(53)61-58)42-21-14-24-46(36-42)63-55-35-32-39-16-10-11-25-47(39)57(55)51-33-30-44(38-56(51)63)48-27-15-28-50-49-26-12-13-29-54(49)64(60(48)50)45-22-8-3-9-23-45/h1-38H. The van der Waals surface area contributed by atoms with Crippen molar-refractivity contribution in [3.05, 3.63) is 231 Å². The molecule has 64 heavy (non-hydrogen) atoms. The lowest BCUT2D eigenvalue weighted by atomic mass is 9.99. The second kappa shape index (κ2) is 14.5. The number of hydrogen-bond donors (Lipinski definition) is 0. The quantitative estimate of drug-likeness (QED) is 0.168. The summed E-state index contributed by atoms with van der Waals surface area (Å²) in [5.74, 6) is 0. The van der Waals surface area contributed by atoms with Gasteiger partial charge >= 0.3 is 0 Å². The Kier molecular flexibility index (Phi) is 8.18. The molecule has 0 radical (unpaired) electrons. The highest BCUT2D eigenvalue weighted by Crippen LogP contribution is 2.43. The van der Waals surface area contributed by atoms with Gasteiger partial charge in [-0.1, -0.05) is 176 Å². The van der Waals surface area contributed by atoms with Crippen LogP contribution >= 0.6 is 0 Å². The zero-order chi connectivity index (χ0) is 42.1. The van der Waals surface area contributed by atoms with Crippen LogP contribution < -0.4 is 0 Å². The molecule has 0 spiro atoms. The molecular formula is C60H38N4. The largest absolute Gasteiger partial charge is 0.309 e. The molecule has 3 aromatic heterocycles. The Morgan fingerprint density at radius 3 is 1.70 bits per heavy atom. The van der Waals surface area contributed by atoms with E-state index in [1.54, 1.807) is 0 Å². The number of rotatable bonds is 6. The van der Waals surface area contributed by atoms with Gasteiger partial charge in [-0.3, -0.25) is 0 Å². The van der Waals surface area contributed by atoms with Gasteiger partial charge < -0.3 is 9.13 Å². The zero-order valence-corrected chi connectivity index (χ0v) is 34.7. The van der Waals surface area contributed by atoms with Crippen molar-refractivity contribution in [1.82, 2.24) is 19.1 Å². The fourth-order valence-electron chi connectivity index (χ4n) is 9.98. The van der Waals surface area contributed by atoms with Crippen LogP contribution in [0.25, 0.3) is 122 Å². The Bertz CT molecular complexity index is 3940. The van der Waals surface area contributed by atoms with Crippen molar-refractivity contribution in [3.63, 3.8) is 0 Å². The summed E-state index contributed by atoms with van der Waals surface area (Å²) in [7, 11) is 0. The predicted octanol–water partition coefficient (Wildman–Crippen LogP) is 15.6. The maximum Gasteiger partial charge on any atom is 0.0973 e. The second-order valence-electron chi connectivity index (χ2n) is 16.5. The molecule has 10 aromatic carbocycles. The lowest BCUT2D eigenvalue weighted by Gasteiger charge is -2.14. The van der Waals surface area contributed by atoms with E-state index >= 15 is 0 Å². The summed E-state index contributed by atoms with van der Waals surface area (Å²) in [5, 5.41) is 7.44. The van der Waals surface area contributed by atoms with E-state index in [1.807, 2.05) is 12.1 Å². The van der Waals surface area contributed by atoms with E-state index in [1.165, 1.54) is 60.0 Å². The molecule has 0 saturated heterocycles. The lowest BCUT2D eigenvalue weighted by Crippen LogP contribution is -1.97. The molecule has 0 atom stereocenters. The van der Waals surface area contributed by atoms with Crippen LogP contribution in [0.2, 0.25) is 0 Å². The average Bonchev–Trinajstić information content (AvgIpc) is 3.90. The smallest absolute Gasteiger partial charge is 0.0973 e. The number of fused-ring (bicyclic) bond motifs is 9. The molecule has 4 nitrogen and oxygen atoms in total. The summed E-state index contributed by atoms with van der Waals surface area (Å²) >= 11 is 0. The number of nitrogens with zero attached hydrogens (tertiary/aromatic N) is 4. The van der Waals surface area contributed by atoms with Gasteiger partial charge in [-0.05, 0) is 82.1 Å². The summed E-state index contributed by atoms with van der Waals surface area (Å²) < 4.78 is 4.88. The summed E-state index contributed by atoms with van der Waals surface area (Å²) in [6, 6.07) is 82.7. The third-order valence-corrected chi connectivity index (χ3v) is 12.9. The van der Waals surface area contributed by atoms with Crippen molar-refractivity contribution in [2.75, 3.05) is 0 Å². The first-order valence-corrected chi connectivity index (χ1v) is 21.8. The minimum Gasteiger partial charge on any atom is -0.309 e. The third-order valence-electron chi connectivity index (χ3n) is 12.9. The molecule has 13 aromatic rings. The van der Waals surface area contributed by atoms with E-state index in [2.05, 4.69) is 228 Å². The Balaban J connectivity index is 1.02. The van der Waals surface area contributed by atoms with Gasteiger partial charge in [0.2, 0.25) is 0 Å². The van der Waals surface area contributed by atoms with Crippen LogP contribution in [-0.4, -0.2) is 19.1 Å². The van der Waals surface area contributed by atoms with Crippen LogP contribution in [0, 0.1) is 0 Å². The Morgan fingerprint density at radius 2 is 0.906 bits per heavy atom. The van der Waals surface area contributed by atoms with Gasteiger partial charge in [0.1, 0.15) is 0 Å². The second-order valence-corrected chi connectivity index (χ2v) is 16.5. The SMILES string of the molecule is c1ccc(-c2nc3ccc(-c4cccc(-n5c6cc(-c7cccc8c9ccccc9n(-c9ccccc9)c78)ccc6c6c7ccccc7ccc65)c4)cc3nc2-c2ccccc2)cc1. The molecule has 0 N–H and O–H groups in total. The van der Waals surface area contributed by atoms with Crippen molar-refractivity contribution >= 4 is 65.4 Å². The fraction of sp³-hybridized carbons (Fsp3) is 0. The van der Waals surface area contributed by atoms with Gasteiger partial charge in [-0.15, -0.1) is 0 Å². The van der Waals surface area contributed by atoms with Gasteiger partial charge in [0.25, 0.3) is 0 Å². The van der Waals surface area contributed by atoms with Gasteiger partial charge in [-0.2, -0.15) is 0 Å². The molecule has 13 rings (SSSR count). The van der Waals surface area contributed by atoms with Crippen molar-refractivity contribution in [2.45, 2.75) is 0 Å². The first kappa shape index (κ1) is 36.1. The van der Waals surface area contributed by atoms with E-state index in [0.717, 1.165) is 61.6 Å². The third kappa shape index (κ3) is 5.70. The Hall–Kier alpha value is -8.60. The summed E-state index contributed by atoms with van der Waals surface area (Å²) in [4.78, 5) is 10.5. The first-order valence-electron chi connectivity index (χ1n) is 21.8. The normalized spacial score (nSPS) is 11.8. The topological polar surface area (TPSA) is 35.6 Å². The molecular weight excluding hydrogens is 777 g/mol. The molecule has 3 heterocycles. The molecule has 0 aliphatic heterocycles. The van der Waals surface area contributed by atoms with Gasteiger partial charge in [0.15, 0.2) is 0 Å². The van der Waals surface area contributed by atoms with E-state index in [4.69, 9.17) is 9.97 Å². The maximum absolute atomic E-state index is 5.32. The van der Waals surface area contributed by atoms with Crippen LogP contribution in [0.15, 0.2) is 231 Å². The van der Waals surface area contributed by atoms with Crippen molar-refractivity contribution in [1.29, 1.82) is 0 Å².